The molecule has 1 aromatic carbocycles. The van der Waals surface area contributed by atoms with Crippen LogP contribution in [0.3, 0.4) is 0 Å². The van der Waals surface area contributed by atoms with Gasteiger partial charge < -0.3 is 15.5 Å². The van der Waals surface area contributed by atoms with Crippen molar-refractivity contribution >= 4 is 0 Å². The zero-order valence-corrected chi connectivity index (χ0v) is 11.6. The zero-order valence-electron chi connectivity index (χ0n) is 11.6. The van der Waals surface area contributed by atoms with Crippen LogP contribution in [0.4, 0.5) is 4.39 Å². The fraction of sp³-hybridized carbons (Fsp3) is 0.400. The summed E-state index contributed by atoms with van der Waals surface area (Å²) in [5.74, 6) is 1.28. The number of imidazole rings is 1. The number of hydrogen-bond donors (Lipinski definition) is 2. The van der Waals surface area contributed by atoms with Gasteiger partial charge in [-0.05, 0) is 37.8 Å². The number of H-pyrrole nitrogens is 1. The molecule has 2 aromatic rings. The number of methoxy groups -OCH3 is 1. The molecule has 1 aromatic heterocycles. The molecule has 0 bridgehead atoms. The molecular weight excluding hydrogens is 257 g/mol. The number of nitrogens with two attached hydrogens (primary N) is 1. The van der Waals surface area contributed by atoms with Crippen LogP contribution in [0.1, 0.15) is 25.6 Å². The standard InChI is InChI=1S/C15H18FN3O/c1-15(17,9-6-7-9)14-18-8-11(19-14)13-10(16)4-3-5-12(13)20-2/h3-5,8-9H,6-7,17H2,1-2H3,(H,18,19). The van der Waals surface area contributed by atoms with Gasteiger partial charge in [0.15, 0.2) is 0 Å². The number of hydrogen-bond acceptors (Lipinski definition) is 3. The van der Waals surface area contributed by atoms with Gasteiger partial charge in [0, 0.05) is 0 Å². The van der Waals surface area contributed by atoms with Crippen LogP contribution in [0, 0.1) is 11.7 Å². The summed E-state index contributed by atoms with van der Waals surface area (Å²) in [5.41, 5.74) is 6.81. The SMILES string of the molecule is COc1cccc(F)c1-c1cnc(C(C)(N)C2CC2)[nH]1. The Hall–Kier alpha value is -1.88. The molecule has 20 heavy (non-hydrogen) atoms. The first-order valence-electron chi connectivity index (χ1n) is 6.71. The highest BCUT2D eigenvalue weighted by Gasteiger charge is 2.41. The smallest absolute Gasteiger partial charge is 0.136 e. The van der Waals surface area contributed by atoms with Crippen molar-refractivity contribution in [2.45, 2.75) is 25.3 Å². The van der Waals surface area contributed by atoms with Crippen molar-refractivity contribution in [2.24, 2.45) is 11.7 Å². The number of rotatable bonds is 4. The van der Waals surface area contributed by atoms with E-state index in [9.17, 15) is 4.39 Å². The summed E-state index contributed by atoms with van der Waals surface area (Å²) >= 11 is 0. The average molecular weight is 275 g/mol. The average Bonchev–Trinajstić information content (AvgIpc) is 3.17. The number of halogens is 1. The predicted octanol–water partition coefficient (Wildman–Crippen LogP) is 2.81. The summed E-state index contributed by atoms with van der Waals surface area (Å²) in [6.45, 7) is 1.96. The number of benzene rings is 1. The molecule has 1 fully saturated rings. The highest BCUT2D eigenvalue weighted by molar-refractivity contribution is 5.67. The Morgan fingerprint density at radius 1 is 1.45 bits per heavy atom. The van der Waals surface area contributed by atoms with Crippen molar-refractivity contribution < 1.29 is 9.13 Å². The van der Waals surface area contributed by atoms with Gasteiger partial charge in [-0.15, -0.1) is 0 Å². The Balaban J connectivity index is 2.02. The van der Waals surface area contributed by atoms with Gasteiger partial charge in [-0.25, -0.2) is 9.37 Å². The first kappa shape index (κ1) is 13.1. The lowest BCUT2D eigenvalue weighted by atomic mass is 9.97. The number of aromatic nitrogens is 2. The van der Waals surface area contributed by atoms with Gasteiger partial charge >= 0.3 is 0 Å². The lowest BCUT2D eigenvalue weighted by Crippen LogP contribution is -2.36. The first-order chi connectivity index (χ1) is 9.54. The molecular formula is C15H18FN3O. The van der Waals surface area contributed by atoms with Crippen LogP contribution in [0.15, 0.2) is 24.4 Å². The second-order valence-electron chi connectivity index (χ2n) is 5.52. The maximum atomic E-state index is 14.0. The lowest BCUT2D eigenvalue weighted by molar-refractivity contribution is 0.403. The Morgan fingerprint density at radius 3 is 2.85 bits per heavy atom. The van der Waals surface area contributed by atoms with Gasteiger partial charge in [0.2, 0.25) is 0 Å². The number of ether oxygens (including phenoxy) is 1. The maximum absolute atomic E-state index is 14.0. The van der Waals surface area contributed by atoms with Crippen molar-refractivity contribution in [1.82, 2.24) is 9.97 Å². The number of nitrogens with one attached hydrogen (secondary N) is 1. The van der Waals surface area contributed by atoms with E-state index < -0.39 is 5.54 Å². The number of nitrogens with zero attached hydrogens (tertiary/aromatic N) is 1. The highest BCUT2D eigenvalue weighted by atomic mass is 19.1. The molecule has 1 heterocycles. The Morgan fingerprint density at radius 2 is 2.20 bits per heavy atom. The quantitative estimate of drug-likeness (QED) is 0.901. The Bertz CT molecular complexity index is 632. The molecule has 1 atom stereocenters. The molecule has 106 valence electrons. The fourth-order valence-electron chi connectivity index (χ4n) is 2.53. The molecule has 4 nitrogen and oxygen atoms in total. The molecule has 0 aliphatic heterocycles. The molecule has 3 rings (SSSR count). The molecule has 1 unspecified atom stereocenters. The van der Waals surface area contributed by atoms with E-state index >= 15 is 0 Å². The lowest BCUT2D eigenvalue weighted by Gasteiger charge is -2.21. The van der Waals surface area contributed by atoms with E-state index in [0.717, 1.165) is 12.8 Å². The molecule has 1 aliphatic carbocycles. The summed E-state index contributed by atoms with van der Waals surface area (Å²) < 4.78 is 19.3. The van der Waals surface area contributed by atoms with Crippen LogP contribution in [0.5, 0.6) is 5.75 Å². The van der Waals surface area contributed by atoms with E-state index in [1.807, 2.05) is 6.92 Å². The monoisotopic (exact) mass is 275 g/mol. The minimum absolute atomic E-state index is 0.343. The normalized spacial score (nSPS) is 17.8. The van der Waals surface area contributed by atoms with E-state index in [1.165, 1.54) is 13.2 Å². The second-order valence-corrected chi connectivity index (χ2v) is 5.52. The van der Waals surface area contributed by atoms with Crippen molar-refractivity contribution in [3.8, 4) is 17.0 Å². The fourth-order valence-corrected chi connectivity index (χ4v) is 2.53. The highest BCUT2D eigenvalue weighted by Crippen LogP contribution is 2.43. The summed E-state index contributed by atoms with van der Waals surface area (Å²) in [4.78, 5) is 7.49. The first-order valence-corrected chi connectivity index (χ1v) is 6.71. The third-order valence-electron chi connectivity index (χ3n) is 3.98. The molecule has 1 aliphatic rings. The predicted molar refractivity (Wildman–Crippen MR) is 74.8 cm³/mol. The number of aromatic amines is 1. The van der Waals surface area contributed by atoms with Crippen molar-refractivity contribution in [1.29, 1.82) is 0 Å². The zero-order chi connectivity index (χ0) is 14.3. The minimum Gasteiger partial charge on any atom is -0.496 e. The maximum Gasteiger partial charge on any atom is 0.136 e. The Kier molecular flexibility index (Phi) is 3.01. The topological polar surface area (TPSA) is 63.9 Å². The molecule has 0 amide bonds. The van der Waals surface area contributed by atoms with Gasteiger partial charge in [-0.3, -0.25) is 0 Å². The third kappa shape index (κ3) is 2.08. The van der Waals surface area contributed by atoms with E-state index in [1.54, 1.807) is 18.3 Å². The summed E-state index contributed by atoms with van der Waals surface area (Å²) in [5, 5.41) is 0. The van der Waals surface area contributed by atoms with Crippen molar-refractivity contribution in [3.05, 3.63) is 36.0 Å². The minimum atomic E-state index is -0.489. The van der Waals surface area contributed by atoms with Crippen molar-refractivity contribution in [2.75, 3.05) is 7.11 Å². The molecule has 0 radical (unpaired) electrons. The van der Waals surface area contributed by atoms with Crippen LogP contribution in [0.25, 0.3) is 11.3 Å². The van der Waals surface area contributed by atoms with E-state index in [2.05, 4.69) is 9.97 Å². The van der Waals surface area contributed by atoms with Gasteiger partial charge in [-0.2, -0.15) is 0 Å². The molecule has 5 heteroatoms. The summed E-state index contributed by atoms with van der Waals surface area (Å²) in [6, 6.07) is 4.74. The van der Waals surface area contributed by atoms with Gasteiger partial charge in [0.25, 0.3) is 0 Å². The largest absolute Gasteiger partial charge is 0.496 e. The van der Waals surface area contributed by atoms with Gasteiger partial charge in [-0.1, -0.05) is 6.07 Å². The van der Waals surface area contributed by atoms with Crippen LogP contribution < -0.4 is 10.5 Å². The van der Waals surface area contributed by atoms with Crippen LogP contribution >= 0.6 is 0 Å². The molecule has 3 N–H and O–H groups in total. The van der Waals surface area contributed by atoms with Crippen LogP contribution in [0.2, 0.25) is 0 Å². The van der Waals surface area contributed by atoms with E-state index in [-0.39, 0.29) is 5.82 Å². The third-order valence-corrected chi connectivity index (χ3v) is 3.98. The summed E-state index contributed by atoms with van der Waals surface area (Å²) in [7, 11) is 1.52. The van der Waals surface area contributed by atoms with Crippen LogP contribution in [-0.2, 0) is 5.54 Å². The van der Waals surface area contributed by atoms with Crippen LogP contribution in [-0.4, -0.2) is 17.1 Å². The Labute approximate surface area is 117 Å². The van der Waals surface area contributed by atoms with Gasteiger partial charge in [0.1, 0.15) is 17.4 Å². The molecule has 0 saturated heterocycles. The van der Waals surface area contributed by atoms with E-state index in [4.69, 9.17) is 10.5 Å². The van der Waals surface area contributed by atoms with Crippen molar-refractivity contribution in [3.63, 3.8) is 0 Å². The molecule has 0 spiro atoms. The van der Waals surface area contributed by atoms with Gasteiger partial charge in [0.05, 0.1) is 30.1 Å². The van der Waals surface area contributed by atoms with E-state index in [0.29, 0.717) is 28.7 Å². The summed E-state index contributed by atoms with van der Waals surface area (Å²) in [6.07, 6.45) is 3.85. The molecule has 1 saturated carbocycles. The second kappa shape index (κ2) is 4.59.